The molecular weight excluding hydrogens is 330 g/mol. The van der Waals surface area contributed by atoms with Crippen LogP contribution < -0.4 is 10.9 Å². The molecule has 4 rings (SSSR count). The number of carbonyl (C=O) groups is 1. The number of nitrogens with zero attached hydrogens (tertiary/aromatic N) is 3. The third-order valence-electron chi connectivity index (χ3n) is 4.31. The van der Waals surface area contributed by atoms with Crippen molar-refractivity contribution in [3.05, 3.63) is 70.6 Å². The van der Waals surface area contributed by atoms with Gasteiger partial charge in [0.15, 0.2) is 0 Å². The Morgan fingerprint density at radius 3 is 2.73 bits per heavy atom. The molecule has 0 aliphatic heterocycles. The minimum absolute atomic E-state index is 0.148. The van der Waals surface area contributed by atoms with E-state index in [9.17, 15) is 9.59 Å². The van der Waals surface area contributed by atoms with E-state index in [2.05, 4.69) is 20.6 Å². The number of rotatable bonds is 5. The smallest absolute Gasteiger partial charge is 0.278 e. The van der Waals surface area contributed by atoms with Crippen molar-refractivity contribution in [1.29, 1.82) is 0 Å². The average Bonchev–Trinajstić information content (AvgIpc) is 3.08. The van der Waals surface area contributed by atoms with Crippen LogP contribution in [0.5, 0.6) is 0 Å². The number of carbonyl (C=O) groups excluding carboxylic acids is 1. The van der Waals surface area contributed by atoms with E-state index in [1.165, 1.54) is 0 Å². The summed E-state index contributed by atoms with van der Waals surface area (Å²) in [6, 6.07) is 15.0. The van der Waals surface area contributed by atoms with Crippen LogP contribution in [0.25, 0.3) is 21.8 Å². The van der Waals surface area contributed by atoms with Crippen LogP contribution in [0.15, 0.2) is 59.5 Å². The molecule has 26 heavy (non-hydrogen) atoms. The highest BCUT2D eigenvalue weighted by atomic mass is 16.2. The lowest BCUT2D eigenvalue weighted by Crippen LogP contribution is -2.35. The van der Waals surface area contributed by atoms with Gasteiger partial charge in [-0.05, 0) is 30.2 Å². The number of benzene rings is 2. The van der Waals surface area contributed by atoms with Gasteiger partial charge in [-0.25, -0.2) is 4.68 Å². The molecule has 2 aromatic carbocycles. The van der Waals surface area contributed by atoms with Gasteiger partial charge in [-0.15, -0.1) is 5.10 Å². The first-order valence-electron chi connectivity index (χ1n) is 8.36. The molecule has 0 radical (unpaired) electrons. The van der Waals surface area contributed by atoms with Crippen LogP contribution in [0, 0.1) is 0 Å². The molecule has 0 spiro atoms. The van der Waals surface area contributed by atoms with Gasteiger partial charge in [0, 0.05) is 23.6 Å². The van der Waals surface area contributed by atoms with Crippen LogP contribution in [0.4, 0.5) is 0 Å². The summed E-state index contributed by atoms with van der Waals surface area (Å²) in [4.78, 5) is 27.7. The lowest BCUT2D eigenvalue weighted by atomic mass is 10.1. The van der Waals surface area contributed by atoms with Gasteiger partial charge in [-0.3, -0.25) is 9.59 Å². The normalized spacial score (nSPS) is 11.1. The van der Waals surface area contributed by atoms with E-state index >= 15 is 0 Å². The molecule has 1 amide bonds. The molecule has 0 unspecified atom stereocenters. The number of para-hydroxylation sites is 1. The van der Waals surface area contributed by atoms with E-state index in [4.69, 9.17) is 0 Å². The van der Waals surface area contributed by atoms with Crippen LogP contribution in [0.1, 0.15) is 5.56 Å². The summed E-state index contributed by atoms with van der Waals surface area (Å²) >= 11 is 0. The zero-order valence-electron chi connectivity index (χ0n) is 14.0. The van der Waals surface area contributed by atoms with Crippen molar-refractivity contribution in [2.45, 2.75) is 13.0 Å². The second kappa shape index (κ2) is 6.79. The topological polar surface area (TPSA) is 92.7 Å². The molecule has 0 atom stereocenters. The number of hydrogen-bond donors (Lipinski definition) is 2. The Morgan fingerprint density at radius 1 is 1.08 bits per heavy atom. The first-order chi connectivity index (χ1) is 12.7. The Balaban J connectivity index is 1.40. The standard InChI is InChI=1S/C19H17N5O2/c25-18(12-24-19(26)15-6-2-4-8-17(15)22-23-24)20-10-9-13-11-21-16-7-3-1-5-14(13)16/h1-8,11,21H,9-10,12H2,(H,20,25). The van der Waals surface area contributed by atoms with Gasteiger partial charge in [0.25, 0.3) is 5.56 Å². The summed E-state index contributed by atoms with van der Waals surface area (Å²) in [5, 5.41) is 12.2. The molecule has 4 aromatic rings. The summed E-state index contributed by atoms with van der Waals surface area (Å²) in [5.74, 6) is -0.267. The van der Waals surface area contributed by atoms with Crippen molar-refractivity contribution < 1.29 is 4.79 Å². The fraction of sp³-hybridized carbons (Fsp3) is 0.158. The van der Waals surface area contributed by atoms with Gasteiger partial charge in [0.1, 0.15) is 12.1 Å². The minimum Gasteiger partial charge on any atom is -0.361 e. The number of fused-ring (bicyclic) bond motifs is 2. The average molecular weight is 347 g/mol. The molecular formula is C19H17N5O2. The quantitative estimate of drug-likeness (QED) is 0.574. The molecule has 0 bridgehead atoms. The van der Waals surface area contributed by atoms with Crippen LogP contribution in [-0.2, 0) is 17.8 Å². The molecule has 2 N–H and O–H groups in total. The van der Waals surface area contributed by atoms with Crippen molar-refractivity contribution in [2.24, 2.45) is 0 Å². The first-order valence-corrected chi connectivity index (χ1v) is 8.36. The highest BCUT2D eigenvalue weighted by Gasteiger charge is 2.09. The molecule has 2 heterocycles. The lowest BCUT2D eigenvalue weighted by Gasteiger charge is -2.06. The first kappa shape index (κ1) is 16.0. The Labute approximate surface area is 148 Å². The zero-order chi connectivity index (χ0) is 17.9. The predicted molar refractivity (Wildman–Crippen MR) is 98.8 cm³/mol. The Bertz CT molecular complexity index is 1150. The Morgan fingerprint density at radius 2 is 1.85 bits per heavy atom. The van der Waals surface area contributed by atoms with Gasteiger partial charge < -0.3 is 10.3 Å². The SMILES string of the molecule is O=C(Cn1nnc2ccccc2c1=O)NCCc1c[nH]c2ccccc12. The van der Waals surface area contributed by atoms with Crippen LogP contribution in [-0.4, -0.2) is 32.4 Å². The van der Waals surface area contributed by atoms with E-state index in [0.29, 0.717) is 23.9 Å². The van der Waals surface area contributed by atoms with Crippen molar-refractivity contribution >= 4 is 27.7 Å². The molecule has 130 valence electrons. The fourth-order valence-corrected chi connectivity index (χ4v) is 2.99. The molecule has 0 fully saturated rings. The summed E-state index contributed by atoms with van der Waals surface area (Å²) in [6.07, 6.45) is 2.66. The summed E-state index contributed by atoms with van der Waals surface area (Å²) in [6.45, 7) is 0.334. The Hall–Kier alpha value is -3.48. The van der Waals surface area contributed by atoms with Crippen molar-refractivity contribution in [2.75, 3.05) is 6.54 Å². The predicted octanol–water partition coefficient (Wildman–Crippen LogP) is 1.63. The van der Waals surface area contributed by atoms with Crippen molar-refractivity contribution in [3.8, 4) is 0 Å². The van der Waals surface area contributed by atoms with E-state index in [0.717, 1.165) is 21.1 Å². The maximum atomic E-state index is 12.3. The van der Waals surface area contributed by atoms with Gasteiger partial charge in [-0.1, -0.05) is 35.5 Å². The van der Waals surface area contributed by atoms with E-state index in [-0.39, 0.29) is 18.0 Å². The second-order valence-electron chi connectivity index (χ2n) is 6.03. The van der Waals surface area contributed by atoms with Crippen LogP contribution in [0.2, 0.25) is 0 Å². The summed E-state index contributed by atoms with van der Waals surface area (Å²) < 4.78 is 1.09. The zero-order valence-corrected chi connectivity index (χ0v) is 14.0. The van der Waals surface area contributed by atoms with Gasteiger partial charge in [0.05, 0.1) is 5.39 Å². The van der Waals surface area contributed by atoms with Crippen LogP contribution >= 0.6 is 0 Å². The molecule has 7 nitrogen and oxygen atoms in total. The van der Waals surface area contributed by atoms with Crippen molar-refractivity contribution in [1.82, 2.24) is 25.3 Å². The number of hydrogen-bond acceptors (Lipinski definition) is 4. The molecule has 0 aliphatic rings. The molecule has 2 aromatic heterocycles. The molecule has 0 aliphatic carbocycles. The third-order valence-corrected chi connectivity index (χ3v) is 4.31. The largest absolute Gasteiger partial charge is 0.361 e. The van der Waals surface area contributed by atoms with E-state index in [1.54, 1.807) is 24.3 Å². The number of nitrogens with one attached hydrogen (secondary N) is 2. The maximum Gasteiger partial charge on any atom is 0.278 e. The van der Waals surface area contributed by atoms with Gasteiger partial charge >= 0.3 is 0 Å². The molecule has 7 heteroatoms. The number of aromatic nitrogens is 4. The summed E-state index contributed by atoms with van der Waals surface area (Å²) in [5.41, 5.74) is 2.42. The fourth-order valence-electron chi connectivity index (χ4n) is 2.99. The summed E-state index contributed by atoms with van der Waals surface area (Å²) in [7, 11) is 0. The number of amides is 1. The lowest BCUT2D eigenvalue weighted by molar-refractivity contribution is -0.121. The van der Waals surface area contributed by atoms with Crippen molar-refractivity contribution in [3.63, 3.8) is 0 Å². The maximum absolute atomic E-state index is 12.3. The van der Waals surface area contributed by atoms with Gasteiger partial charge in [-0.2, -0.15) is 0 Å². The highest BCUT2D eigenvalue weighted by molar-refractivity contribution is 5.83. The van der Waals surface area contributed by atoms with E-state index < -0.39 is 0 Å². The van der Waals surface area contributed by atoms with Crippen LogP contribution in [0.3, 0.4) is 0 Å². The van der Waals surface area contributed by atoms with E-state index in [1.807, 2.05) is 30.5 Å². The molecule has 0 saturated carbocycles. The monoisotopic (exact) mass is 347 g/mol. The minimum atomic E-state index is -0.317. The van der Waals surface area contributed by atoms with Gasteiger partial charge in [0.2, 0.25) is 5.91 Å². The second-order valence-corrected chi connectivity index (χ2v) is 6.03. The number of H-pyrrole nitrogens is 1. The highest BCUT2D eigenvalue weighted by Crippen LogP contribution is 2.17. The number of aromatic amines is 1. The molecule has 0 saturated heterocycles. The Kier molecular flexibility index (Phi) is 4.18. The third kappa shape index (κ3) is 3.06.